The van der Waals surface area contributed by atoms with Crippen LogP contribution in [0.25, 0.3) is 0 Å². The van der Waals surface area contributed by atoms with Crippen LogP contribution in [0.15, 0.2) is 18.2 Å². The second-order valence-electron chi connectivity index (χ2n) is 7.44. The summed E-state index contributed by atoms with van der Waals surface area (Å²) in [4.78, 5) is 0. The monoisotopic (exact) mass is 288 g/mol. The van der Waals surface area contributed by atoms with Gasteiger partial charge in [0.15, 0.2) is 0 Å². The molecule has 0 amide bonds. The van der Waals surface area contributed by atoms with Gasteiger partial charge >= 0.3 is 0 Å². The number of aryl methyl sites for hydroxylation is 1. The lowest BCUT2D eigenvalue weighted by atomic mass is 9.56. The van der Waals surface area contributed by atoms with Crippen molar-refractivity contribution in [3.63, 3.8) is 0 Å². The second-order valence-corrected chi connectivity index (χ2v) is 8.06. The van der Waals surface area contributed by atoms with Gasteiger partial charge in [0.05, 0.1) is 0 Å². The van der Waals surface area contributed by atoms with E-state index in [-0.39, 0.29) is 0 Å². The number of aromatic hydroxyl groups is 1. The lowest BCUT2D eigenvalue weighted by Crippen LogP contribution is -2.42. The Morgan fingerprint density at radius 2 is 2.05 bits per heavy atom. The zero-order valence-corrected chi connectivity index (χ0v) is 13.1. The number of rotatable bonds is 0. The Bertz CT molecular complexity index is 540. The number of hydrogen-bond donors (Lipinski definition) is 2. The molecule has 3 aliphatic carbocycles. The summed E-state index contributed by atoms with van der Waals surface area (Å²) in [5.74, 6) is 2.88. The number of thiol groups is 1. The third-order valence-electron chi connectivity index (χ3n) is 6.66. The van der Waals surface area contributed by atoms with Crippen LogP contribution < -0.4 is 0 Å². The van der Waals surface area contributed by atoms with Crippen LogP contribution in [0.4, 0.5) is 0 Å². The SMILES string of the molecule is CC12CCC3c4ccc(O)cc4CCC3C1CCC2S. The normalized spacial score (nSPS) is 42.7. The predicted molar refractivity (Wildman–Crippen MR) is 85.5 cm³/mol. The van der Waals surface area contributed by atoms with E-state index >= 15 is 0 Å². The smallest absolute Gasteiger partial charge is 0.115 e. The van der Waals surface area contributed by atoms with E-state index < -0.39 is 0 Å². The lowest BCUT2D eigenvalue weighted by molar-refractivity contribution is 0.0633. The van der Waals surface area contributed by atoms with Gasteiger partial charge in [-0.3, -0.25) is 0 Å². The molecule has 0 spiro atoms. The van der Waals surface area contributed by atoms with E-state index in [1.807, 2.05) is 12.1 Å². The molecular weight excluding hydrogens is 264 g/mol. The maximum atomic E-state index is 9.70. The molecule has 0 radical (unpaired) electrons. The molecule has 1 N–H and O–H groups in total. The van der Waals surface area contributed by atoms with Crippen molar-refractivity contribution >= 4 is 12.6 Å². The lowest BCUT2D eigenvalue weighted by Gasteiger charge is -2.50. The molecule has 2 saturated carbocycles. The van der Waals surface area contributed by atoms with E-state index in [4.69, 9.17) is 12.6 Å². The minimum Gasteiger partial charge on any atom is -0.508 e. The third-order valence-corrected chi connectivity index (χ3v) is 7.51. The topological polar surface area (TPSA) is 20.2 Å². The van der Waals surface area contributed by atoms with Gasteiger partial charge in [-0.05, 0) is 85.0 Å². The van der Waals surface area contributed by atoms with Crippen LogP contribution in [0.1, 0.15) is 56.1 Å². The fourth-order valence-electron chi connectivity index (χ4n) is 5.54. The Morgan fingerprint density at radius 1 is 1.20 bits per heavy atom. The van der Waals surface area contributed by atoms with E-state index in [2.05, 4.69) is 13.0 Å². The molecule has 0 bridgehead atoms. The summed E-state index contributed by atoms with van der Waals surface area (Å²) in [5, 5.41) is 10.3. The van der Waals surface area contributed by atoms with Gasteiger partial charge in [0.25, 0.3) is 0 Å². The van der Waals surface area contributed by atoms with Gasteiger partial charge < -0.3 is 5.11 Å². The molecule has 0 aliphatic heterocycles. The van der Waals surface area contributed by atoms with E-state index in [1.54, 1.807) is 0 Å². The van der Waals surface area contributed by atoms with E-state index in [9.17, 15) is 5.11 Å². The average molecular weight is 288 g/mol. The van der Waals surface area contributed by atoms with Gasteiger partial charge in [0, 0.05) is 5.25 Å². The van der Waals surface area contributed by atoms with Crippen molar-refractivity contribution in [2.45, 2.75) is 56.6 Å². The molecule has 5 unspecified atom stereocenters. The van der Waals surface area contributed by atoms with Crippen molar-refractivity contribution in [1.82, 2.24) is 0 Å². The number of hydrogen-bond acceptors (Lipinski definition) is 2. The fraction of sp³-hybridized carbons (Fsp3) is 0.667. The molecule has 3 aliphatic rings. The Kier molecular flexibility index (Phi) is 2.89. The molecule has 2 heteroatoms. The summed E-state index contributed by atoms with van der Waals surface area (Å²) in [6, 6.07) is 6.07. The average Bonchev–Trinajstić information content (AvgIpc) is 2.74. The highest BCUT2D eigenvalue weighted by Crippen LogP contribution is 2.62. The van der Waals surface area contributed by atoms with Crippen LogP contribution >= 0.6 is 12.6 Å². The first-order valence-electron chi connectivity index (χ1n) is 8.09. The fourth-order valence-corrected chi connectivity index (χ4v) is 6.01. The first-order valence-corrected chi connectivity index (χ1v) is 8.61. The molecule has 2 fully saturated rings. The zero-order valence-electron chi connectivity index (χ0n) is 12.2. The van der Waals surface area contributed by atoms with Crippen molar-refractivity contribution in [1.29, 1.82) is 0 Å². The third kappa shape index (κ3) is 1.70. The van der Waals surface area contributed by atoms with Crippen molar-refractivity contribution in [3.05, 3.63) is 29.3 Å². The van der Waals surface area contributed by atoms with Gasteiger partial charge in [0.2, 0.25) is 0 Å². The predicted octanol–water partition coefficient (Wildman–Crippen LogP) is 4.55. The van der Waals surface area contributed by atoms with Gasteiger partial charge in [-0.25, -0.2) is 0 Å². The van der Waals surface area contributed by atoms with Crippen LogP contribution in [0.2, 0.25) is 0 Å². The number of phenolic OH excluding ortho intramolecular Hbond substituents is 1. The maximum absolute atomic E-state index is 9.70. The molecule has 1 nitrogen and oxygen atoms in total. The summed E-state index contributed by atoms with van der Waals surface area (Å²) in [6.45, 7) is 2.49. The number of fused-ring (bicyclic) bond motifs is 5. The minimum absolute atomic E-state index is 0.430. The van der Waals surface area contributed by atoms with E-state index in [0.717, 1.165) is 24.2 Å². The first-order chi connectivity index (χ1) is 9.59. The molecule has 0 aromatic heterocycles. The highest BCUT2D eigenvalue weighted by Gasteiger charge is 2.53. The summed E-state index contributed by atoms with van der Waals surface area (Å²) in [7, 11) is 0. The number of phenols is 1. The van der Waals surface area contributed by atoms with Crippen molar-refractivity contribution < 1.29 is 5.11 Å². The van der Waals surface area contributed by atoms with Crippen LogP contribution in [0.5, 0.6) is 5.75 Å². The standard InChI is InChI=1S/C18H24OS/c1-18-9-8-14-13-5-3-12(19)10-11(13)2-4-15(14)16(18)6-7-17(18)20/h3,5,10,14-17,19-20H,2,4,6-9H2,1H3. The van der Waals surface area contributed by atoms with Crippen molar-refractivity contribution in [3.8, 4) is 5.75 Å². The van der Waals surface area contributed by atoms with Crippen LogP contribution in [0, 0.1) is 17.3 Å². The van der Waals surface area contributed by atoms with E-state index in [0.29, 0.717) is 16.4 Å². The highest BCUT2D eigenvalue weighted by atomic mass is 32.1. The molecule has 5 atom stereocenters. The van der Waals surface area contributed by atoms with Crippen LogP contribution in [-0.2, 0) is 6.42 Å². The van der Waals surface area contributed by atoms with Crippen molar-refractivity contribution in [2.75, 3.05) is 0 Å². The minimum atomic E-state index is 0.430. The Morgan fingerprint density at radius 3 is 2.90 bits per heavy atom. The molecule has 0 heterocycles. The summed E-state index contributed by atoms with van der Waals surface area (Å²) < 4.78 is 0. The Balaban J connectivity index is 1.71. The molecule has 1 aromatic carbocycles. The second kappa shape index (κ2) is 4.43. The molecule has 4 rings (SSSR count). The molecular formula is C18H24OS. The Hall–Kier alpha value is -0.630. The van der Waals surface area contributed by atoms with Gasteiger partial charge in [-0.1, -0.05) is 13.0 Å². The van der Waals surface area contributed by atoms with Crippen LogP contribution in [-0.4, -0.2) is 10.4 Å². The van der Waals surface area contributed by atoms with Crippen molar-refractivity contribution in [2.24, 2.45) is 17.3 Å². The zero-order chi connectivity index (χ0) is 13.9. The maximum Gasteiger partial charge on any atom is 0.115 e. The summed E-state index contributed by atoms with van der Waals surface area (Å²) in [5.41, 5.74) is 3.40. The molecule has 108 valence electrons. The summed E-state index contributed by atoms with van der Waals surface area (Å²) in [6.07, 6.45) is 7.77. The van der Waals surface area contributed by atoms with Gasteiger partial charge in [0.1, 0.15) is 5.75 Å². The molecule has 1 aromatic rings. The highest BCUT2D eigenvalue weighted by molar-refractivity contribution is 7.81. The largest absolute Gasteiger partial charge is 0.508 e. The quantitative estimate of drug-likeness (QED) is 0.671. The Labute approximate surface area is 127 Å². The summed E-state index contributed by atoms with van der Waals surface area (Å²) >= 11 is 4.89. The van der Waals surface area contributed by atoms with Gasteiger partial charge in [-0.2, -0.15) is 12.6 Å². The first kappa shape index (κ1) is 13.1. The number of benzene rings is 1. The van der Waals surface area contributed by atoms with E-state index in [1.165, 1.54) is 43.2 Å². The molecule has 0 saturated heterocycles. The van der Waals surface area contributed by atoms with Gasteiger partial charge in [-0.15, -0.1) is 0 Å². The molecule has 20 heavy (non-hydrogen) atoms. The van der Waals surface area contributed by atoms with Crippen LogP contribution in [0.3, 0.4) is 0 Å².